The lowest BCUT2D eigenvalue weighted by atomic mass is 9.77. The van der Waals surface area contributed by atoms with E-state index in [9.17, 15) is 4.79 Å². The number of aromatic nitrogens is 4. The summed E-state index contributed by atoms with van der Waals surface area (Å²) >= 11 is 1.48. The van der Waals surface area contributed by atoms with Crippen LogP contribution in [0, 0.1) is 11.8 Å². The fourth-order valence-corrected chi connectivity index (χ4v) is 5.99. The summed E-state index contributed by atoms with van der Waals surface area (Å²) < 4.78 is 8.89. The quantitative estimate of drug-likeness (QED) is 0.607. The van der Waals surface area contributed by atoms with E-state index in [1.165, 1.54) is 11.3 Å². The van der Waals surface area contributed by atoms with E-state index in [1.54, 1.807) is 7.11 Å². The Labute approximate surface area is 185 Å². The molecule has 0 unspecified atom stereocenters. The zero-order chi connectivity index (χ0) is 21.5. The predicted molar refractivity (Wildman–Crippen MR) is 119 cm³/mol. The van der Waals surface area contributed by atoms with E-state index >= 15 is 0 Å². The Bertz CT molecular complexity index is 1050. The maximum atomic E-state index is 13.2. The SMILES string of the molecule is CO[C@@H]1C[C@H]2CN(C(=O)c3nc4ccccc4s3)C[C@H]2C[C@H]1n1cc(CN(C)C)nn1. The van der Waals surface area contributed by atoms with Crippen molar-refractivity contribution in [2.45, 2.75) is 31.5 Å². The fraction of sp³-hybridized carbons (Fsp3) is 0.545. The average Bonchev–Trinajstić information content (AvgIpc) is 3.48. The number of methoxy groups -OCH3 is 1. The van der Waals surface area contributed by atoms with Gasteiger partial charge < -0.3 is 14.5 Å². The van der Waals surface area contributed by atoms with E-state index in [1.807, 2.05) is 54.1 Å². The Morgan fingerprint density at radius 2 is 2.00 bits per heavy atom. The number of carbonyl (C=O) groups is 1. The lowest BCUT2D eigenvalue weighted by Crippen LogP contribution is -2.37. The highest BCUT2D eigenvalue weighted by Gasteiger charge is 2.45. The molecular formula is C22H28N6O2S. The van der Waals surface area contributed by atoms with Gasteiger partial charge in [-0.1, -0.05) is 17.3 Å². The number of hydrogen-bond acceptors (Lipinski definition) is 7. The van der Waals surface area contributed by atoms with E-state index in [0.29, 0.717) is 16.8 Å². The summed E-state index contributed by atoms with van der Waals surface area (Å²) in [5, 5.41) is 9.32. The number of thiazole rings is 1. The molecule has 3 aromatic rings. The Morgan fingerprint density at radius 1 is 1.23 bits per heavy atom. The van der Waals surface area contributed by atoms with E-state index in [-0.39, 0.29) is 18.1 Å². The summed E-state index contributed by atoms with van der Waals surface area (Å²) in [6, 6.07) is 8.07. The van der Waals surface area contributed by atoms with Crippen molar-refractivity contribution in [3.63, 3.8) is 0 Å². The Morgan fingerprint density at radius 3 is 2.74 bits per heavy atom. The highest BCUT2D eigenvalue weighted by atomic mass is 32.1. The number of hydrogen-bond donors (Lipinski definition) is 0. The molecule has 2 fully saturated rings. The molecule has 0 radical (unpaired) electrons. The number of nitrogens with zero attached hydrogens (tertiary/aromatic N) is 6. The van der Waals surface area contributed by atoms with Crippen molar-refractivity contribution < 1.29 is 9.53 Å². The van der Waals surface area contributed by atoms with Crippen molar-refractivity contribution in [3.05, 3.63) is 41.2 Å². The van der Waals surface area contributed by atoms with Crippen LogP contribution in [0.3, 0.4) is 0 Å². The minimum absolute atomic E-state index is 0.0511. The van der Waals surface area contributed by atoms with Crippen LogP contribution in [0.4, 0.5) is 0 Å². The van der Waals surface area contributed by atoms with Gasteiger partial charge in [-0.25, -0.2) is 9.67 Å². The predicted octanol–water partition coefficient (Wildman–Crippen LogP) is 2.69. The van der Waals surface area contributed by atoms with Gasteiger partial charge in [-0.05, 0) is 50.9 Å². The second kappa shape index (κ2) is 8.29. The van der Waals surface area contributed by atoms with Crippen LogP contribution in [0.15, 0.2) is 30.5 Å². The third kappa shape index (κ3) is 3.97. The van der Waals surface area contributed by atoms with Crippen molar-refractivity contribution in [2.75, 3.05) is 34.3 Å². The number of benzene rings is 1. The molecule has 0 N–H and O–H groups in total. The van der Waals surface area contributed by atoms with Gasteiger partial charge in [0.1, 0.15) is 0 Å². The molecule has 9 heteroatoms. The van der Waals surface area contributed by atoms with Crippen LogP contribution in [-0.2, 0) is 11.3 Å². The molecule has 31 heavy (non-hydrogen) atoms. The molecule has 2 aliphatic rings. The van der Waals surface area contributed by atoms with Crippen LogP contribution >= 0.6 is 11.3 Å². The van der Waals surface area contributed by atoms with Crippen molar-refractivity contribution in [2.24, 2.45) is 11.8 Å². The number of para-hydroxylation sites is 1. The van der Waals surface area contributed by atoms with Crippen LogP contribution in [0.5, 0.6) is 0 Å². The number of fused-ring (bicyclic) bond motifs is 2. The van der Waals surface area contributed by atoms with E-state index < -0.39 is 0 Å². The van der Waals surface area contributed by atoms with Crippen molar-refractivity contribution in [3.8, 4) is 0 Å². The van der Waals surface area contributed by atoms with E-state index in [2.05, 4.69) is 20.2 Å². The zero-order valence-electron chi connectivity index (χ0n) is 18.1. The second-order valence-electron chi connectivity index (χ2n) is 8.96. The van der Waals surface area contributed by atoms with Crippen molar-refractivity contribution in [1.29, 1.82) is 0 Å². The first kappa shape index (κ1) is 20.5. The number of amides is 1. The standard InChI is InChI=1S/C22H28N6O2S/c1-26(2)12-16-13-28(25-24-16)18-8-14-10-27(11-15(14)9-19(18)30-3)22(29)21-23-17-6-4-5-7-20(17)31-21/h4-7,13-15,18-19H,8-12H2,1-3H3/t14-,15+,18-,19-/m1/s1. The summed E-state index contributed by atoms with van der Waals surface area (Å²) in [6.07, 6.45) is 3.99. The maximum absolute atomic E-state index is 13.2. The largest absolute Gasteiger partial charge is 0.379 e. The number of carbonyl (C=O) groups excluding carboxylic acids is 1. The summed E-state index contributed by atoms with van der Waals surface area (Å²) in [4.78, 5) is 21.8. The zero-order valence-corrected chi connectivity index (χ0v) is 19.0. The van der Waals surface area contributed by atoms with Crippen molar-refractivity contribution >= 4 is 27.5 Å². The first-order chi connectivity index (χ1) is 15.0. The van der Waals surface area contributed by atoms with Gasteiger partial charge in [-0.15, -0.1) is 16.4 Å². The van der Waals surface area contributed by atoms with Gasteiger partial charge in [0.05, 0.1) is 34.3 Å². The molecule has 0 spiro atoms. The third-order valence-electron chi connectivity index (χ3n) is 6.53. The van der Waals surface area contributed by atoms with Crippen LogP contribution in [0.25, 0.3) is 10.2 Å². The van der Waals surface area contributed by atoms with Gasteiger partial charge >= 0.3 is 0 Å². The van der Waals surface area contributed by atoms with Crippen LogP contribution in [0.1, 0.15) is 34.4 Å². The minimum Gasteiger partial charge on any atom is -0.379 e. The van der Waals surface area contributed by atoms with Gasteiger partial charge in [-0.2, -0.15) is 0 Å². The lowest BCUT2D eigenvalue weighted by molar-refractivity contribution is -0.00547. The molecule has 4 atom stereocenters. The van der Waals surface area contributed by atoms with E-state index in [4.69, 9.17) is 4.74 Å². The average molecular weight is 441 g/mol. The van der Waals surface area contributed by atoms with Crippen LogP contribution < -0.4 is 0 Å². The van der Waals surface area contributed by atoms with Crippen molar-refractivity contribution in [1.82, 2.24) is 29.8 Å². The molecule has 164 valence electrons. The Kier molecular flexibility index (Phi) is 5.49. The maximum Gasteiger partial charge on any atom is 0.282 e. The highest BCUT2D eigenvalue weighted by molar-refractivity contribution is 7.20. The summed E-state index contributed by atoms with van der Waals surface area (Å²) in [5.74, 6) is 0.940. The highest BCUT2D eigenvalue weighted by Crippen LogP contribution is 2.42. The smallest absolute Gasteiger partial charge is 0.282 e. The van der Waals surface area contributed by atoms with Gasteiger partial charge in [0.25, 0.3) is 5.91 Å². The molecule has 0 bridgehead atoms. The molecule has 5 rings (SSSR count). The normalized spacial score (nSPS) is 26.0. The first-order valence-corrected chi connectivity index (χ1v) is 11.6. The molecule has 8 nitrogen and oxygen atoms in total. The van der Waals surface area contributed by atoms with Gasteiger partial charge in [0, 0.05) is 26.7 Å². The summed E-state index contributed by atoms with van der Waals surface area (Å²) in [5.41, 5.74) is 1.85. The van der Waals surface area contributed by atoms with Crippen LogP contribution in [0.2, 0.25) is 0 Å². The molecule has 2 aromatic heterocycles. The first-order valence-electron chi connectivity index (χ1n) is 10.7. The molecule has 1 amide bonds. The second-order valence-corrected chi connectivity index (χ2v) is 9.99. The number of ether oxygens (including phenoxy) is 1. The lowest BCUT2D eigenvalue weighted by Gasteiger charge is -2.36. The summed E-state index contributed by atoms with van der Waals surface area (Å²) in [7, 11) is 5.82. The minimum atomic E-state index is 0.0511. The molecule has 1 aliphatic heterocycles. The monoisotopic (exact) mass is 440 g/mol. The molecule has 1 saturated heterocycles. The molecular weight excluding hydrogens is 412 g/mol. The van der Waals surface area contributed by atoms with Gasteiger partial charge in [0.15, 0.2) is 5.01 Å². The van der Waals surface area contributed by atoms with Crippen LogP contribution in [-0.4, -0.2) is 76.1 Å². The number of likely N-dealkylation sites (tertiary alicyclic amines) is 1. The molecule has 1 aromatic carbocycles. The molecule has 1 saturated carbocycles. The third-order valence-corrected chi connectivity index (χ3v) is 7.55. The Hall–Kier alpha value is -2.36. The topological polar surface area (TPSA) is 76.4 Å². The Balaban J connectivity index is 1.31. The van der Waals surface area contributed by atoms with Gasteiger partial charge in [-0.3, -0.25) is 4.79 Å². The summed E-state index contributed by atoms with van der Waals surface area (Å²) in [6.45, 7) is 2.31. The molecule has 1 aliphatic carbocycles. The molecule has 3 heterocycles. The van der Waals surface area contributed by atoms with Gasteiger partial charge in [0.2, 0.25) is 0 Å². The fourth-order valence-electron chi connectivity index (χ4n) is 5.06. The van der Waals surface area contributed by atoms with E-state index in [0.717, 1.165) is 48.4 Å². The number of rotatable bonds is 5.